The molecule has 1 aromatic carbocycles. The lowest BCUT2D eigenvalue weighted by atomic mass is 10.2. The standard InChI is InChI=1S/C18H12ClFN4O3S3/c1-24-15(18(25)22-11-2-3-13(20)12(19)5-11)6-14(23-30(24,26)27)16-4-10(8-28-16)17-7-21-9-29-17/h2-9H,1H3,(H,22,25). The van der Waals surface area contributed by atoms with Crippen molar-refractivity contribution < 1.29 is 17.6 Å². The van der Waals surface area contributed by atoms with E-state index in [0.29, 0.717) is 4.88 Å². The molecule has 4 rings (SSSR count). The van der Waals surface area contributed by atoms with Crippen molar-refractivity contribution in [1.29, 1.82) is 0 Å². The summed E-state index contributed by atoms with van der Waals surface area (Å²) in [6.45, 7) is 0. The molecular weight excluding hydrogens is 471 g/mol. The number of amides is 1. The Labute approximate surface area is 184 Å². The molecule has 0 fully saturated rings. The first-order chi connectivity index (χ1) is 14.2. The van der Waals surface area contributed by atoms with Gasteiger partial charge in [-0.1, -0.05) is 11.6 Å². The van der Waals surface area contributed by atoms with Gasteiger partial charge < -0.3 is 5.32 Å². The zero-order valence-corrected chi connectivity index (χ0v) is 18.4. The molecule has 1 amide bonds. The second-order valence-electron chi connectivity index (χ2n) is 6.10. The van der Waals surface area contributed by atoms with Crippen molar-refractivity contribution in [2.75, 3.05) is 12.4 Å². The molecule has 0 unspecified atom stereocenters. The molecule has 2 aromatic heterocycles. The predicted molar refractivity (Wildman–Crippen MR) is 117 cm³/mol. The quantitative estimate of drug-likeness (QED) is 0.604. The summed E-state index contributed by atoms with van der Waals surface area (Å²) in [6.07, 6.45) is 3.11. The summed E-state index contributed by atoms with van der Waals surface area (Å²) in [5.74, 6) is -1.33. The maximum atomic E-state index is 13.3. The number of rotatable bonds is 4. The lowest BCUT2D eigenvalue weighted by Crippen LogP contribution is -2.35. The Morgan fingerprint density at radius 3 is 2.73 bits per heavy atom. The van der Waals surface area contributed by atoms with E-state index in [1.165, 1.54) is 47.9 Å². The average molecular weight is 483 g/mol. The van der Waals surface area contributed by atoms with Crippen molar-refractivity contribution in [3.05, 3.63) is 68.8 Å². The van der Waals surface area contributed by atoms with Crippen LogP contribution in [0.5, 0.6) is 0 Å². The smallest absolute Gasteiger partial charge is 0.321 e. The highest BCUT2D eigenvalue weighted by molar-refractivity contribution is 7.88. The molecule has 0 bridgehead atoms. The number of carbonyl (C=O) groups excluding carboxylic acids is 1. The molecule has 0 radical (unpaired) electrons. The molecule has 1 N–H and O–H groups in total. The van der Waals surface area contributed by atoms with E-state index in [9.17, 15) is 17.6 Å². The lowest BCUT2D eigenvalue weighted by Gasteiger charge is -2.23. The number of thiazole rings is 1. The van der Waals surface area contributed by atoms with Crippen LogP contribution in [0.1, 0.15) is 4.88 Å². The highest BCUT2D eigenvalue weighted by Gasteiger charge is 2.30. The molecule has 0 saturated carbocycles. The number of allylic oxidation sites excluding steroid dienone is 1. The van der Waals surface area contributed by atoms with Gasteiger partial charge in [0.15, 0.2) is 0 Å². The lowest BCUT2D eigenvalue weighted by molar-refractivity contribution is -0.113. The normalized spacial score (nSPS) is 15.5. The van der Waals surface area contributed by atoms with Crippen LogP contribution in [0.25, 0.3) is 10.4 Å². The molecule has 0 saturated heterocycles. The Bertz CT molecular complexity index is 1300. The first-order valence-corrected chi connectivity index (χ1v) is 11.8. The molecule has 0 atom stereocenters. The molecule has 1 aliphatic heterocycles. The first kappa shape index (κ1) is 20.7. The van der Waals surface area contributed by atoms with E-state index >= 15 is 0 Å². The third-order valence-corrected chi connectivity index (χ3v) is 7.53. The van der Waals surface area contributed by atoms with Crippen LogP contribution in [0.4, 0.5) is 10.1 Å². The molecule has 3 heterocycles. The van der Waals surface area contributed by atoms with Crippen molar-refractivity contribution in [3.63, 3.8) is 0 Å². The number of likely N-dealkylation sites (N-methyl/N-ethyl adjacent to an activating group) is 1. The van der Waals surface area contributed by atoms with Gasteiger partial charge in [-0.15, -0.1) is 27.1 Å². The fourth-order valence-electron chi connectivity index (χ4n) is 2.61. The second kappa shape index (κ2) is 7.91. The number of nitrogens with zero attached hydrogens (tertiary/aromatic N) is 3. The maximum Gasteiger partial charge on any atom is 0.345 e. The van der Waals surface area contributed by atoms with Gasteiger partial charge in [0.25, 0.3) is 5.91 Å². The summed E-state index contributed by atoms with van der Waals surface area (Å²) >= 11 is 8.50. The Kier molecular flexibility index (Phi) is 5.45. The summed E-state index contributed by atoms with van der Waals surface area (Å²) in [5, 5.41) is 4.23. The summed E-state index contributed by atoms with van der Waals surface area (Å²) < 4.78 is 43.0. The van der Waals surface area contributed by atoms with Crippen LogP contribution in [0.2, 0.25) is 5.02 Å². The van der Waals surface area contributed by atoms with Crippen molar-refractivity contribution >= 4 is 61.8 Å². The minimum absolute atomic E-state index is 0.131. The van der Waals surface area contributed by atoms with Gasteiger partial charge in [0.2, 0.25) is 0 Å². The number of halogens is 2. The Hall–Kier alpha value is -2.60. The van der Waals surface area contributed by atoms with Gasteiger partial charge in [0, 0.05) is 29.9 Å². The SMILES string of the molecule is CN1C(C(=O)Nc2ccc(F)c(Cl)c2)=CC(c2cc(-c3cncs3)cs2)=NS1(=O)=O. The topological polar surface area (TPSA) is 91.7 Å². The monoisotopic (exact) mass is 482 g/mol. The number of nitrogens with one attached hydrogen (secondary N) is 1. The van der Waals surface area contributed by atoms with Crippen molar-refractivity contribution in [3.8, 4) is 10.4 Å². The van der Waals surface area contributed by atoms with Crippen LogP contribution >= 0.6 is 34.3 Å². The second-order valence-corrected chi connectivity index (χ2v) is 9.93. The number of benzene rings is 1. The van der Waals surface area contributed by atoms with E-state index in [1.54, 1.807) is 17.8 Å². The summed E-state index contributed by atoms with van der Waals surface area (Å²) in [7, 11) is -2.87. The molecule has 3 aromatic rings. The Balaban J connectivity index is 1.67. The summed E-state index contributed by atoms with van der Waals surface area (Å²) in [6, 6.07) is 5.46. The Morgan fingerprint density at radius 2 is 2.03 bits per heavy atom. The molecule has 154 valence electrons. The average Bonchev–Trinajstić information content (AvgIpc) is 3.38. The molecule has 1 aliphatic rings. The van der Waals surface area contributed by atoms with Crippen LogP contribution in [0.15, 0.2) is 57.5 Å². The number of thiophene rings is 1. The van der Waals surface area contributed by atoms with Crippen molar-refractivity contribution in [1.82, 2.24) is 9.29 Å². The summed E-state index contributed by atoms with van der Waals surface area (Å²) in [5.41, 5.74) is 2.83. The number of aromatic nitrogens is 1. The van der Waals surface area contributed by atoms with E-state index in [-0.39, 0.29) is 22.1 Å². The van der Waals surface area contributed by atoms with Crippen molar-refractivity contribution in [2.24, 2.45) is 4.40 Å². The third kappa shape index (κ3) is 4.01. The number of carbonyl (C=O) groups is 1. The number of hydrogen-bond donors (Lipinski definition) is 1. The van der Waals surface area contributed by atoms with Gasteiger partial charge in [-0.2, -0.15) is 8.42 Å². The van der Waals surface area contributed by atoms with E-state index in [1.807, 2.05) is 5.38 Å². The number of anilines is 1. The van der Waals surface area contributed by atoms with Crippen molar-refractivity contribution in [2.45, 2.75) is 0 Å². The van der Waals surface area contributed by atoms with Gasteiger partial charge in [0.1, 0.15) is 11.5 Å². The minimum atomic E-state index is -4.10. The van der Waals surface area contributed by atoms with E-state index in [2.05, 4.69) is 14.7 Å². The predicted octanol–water partition coefficient (Wildman–Crippen LogP) is 4.17. The number of hydrogen-bond acceptors (Lipinski definition) is 6. The fraction of sp³-hybridized carbons (Fsp3) is 0.0556. The molecule has 12 heteroatoms. The van der Waals surface area contributed by atoms with Gasteiger partial charge in [0.05, 0.1) is 26.0 Å². The van der Waals surface area contributed by atoms with Crippen LogP contribution in [0, 0.1) is 5.82 Å². The Morgan fingerprint density at radius 1 is 1.23 bits per heavy atom. The van der Waals surface area contributed by atoms with Crippen LogP contribution < -0.4 is 5.32 Å². The van der Waals surface area contributed by atoms with Gasteiger partial charge in [-0.05, 0) is 30.3 Å². The van der Waals surface area contributed by atoms with Crippen LogP contribution in [0.3, 0.4) is 0 Å². The third-order valence-electron chi connectivity index (χ3n) is 4.15. The van der Waals surface area contributed by atoms with E-state index < -0.39 is 21.9 Å². The van der Waals surface area contributed by atoms with Gasteiger partial charge in [-0.25, -0.2) is 8.70 Å². The highest BCUT2D eigenvalue weighted by Crippen LogP contribution is 2.31. The van der Waals surface area contributed by atoms with Crippen LogP contribution in [-0.4, -0.2) is 36.4 Å². The summed E-state index contributed by atoms with van der Waals surface area (Å²) in [4.78, 5) is 18.3. The molecule has 0 aliphatic carbocycles. The van der Waals surface area contributed by atoms with E-state index in [4.69, 9.17) is 11.6 Å². The molecule has 7 nitrogen and oxygen atoms in total. The van der Waals surface area contributed by atoms with E-state index in [0.717, 1.165) is 20.8 Å². The van der Waals surface area contributed by atoms with Crippen LogP contribution in [-0.2, 0) is 15.0 Å². The molecule has 0 spiro atoms. The molecular formula is C18H12ClFN4O3S3. The highest BCUT2D eigenvalue weighted by atomic mass is 35.5. The zero-order chi connectivity index (χ0) is 21.5. The zero-order valence-electron chi connectivity index (χ0n) is 15.2. The van der Waals surface area contributed by atoms with Gasteiger partial charge in [-0.3, -0.25) is 9.78 Å². The minimum Gasteiger partial charge on any atom is -0.321 e. The molecule has 30 heavy (non-hydrogen) atoms. The van der Waals surface area contributed by atoms with Gasteiger partial charge >= 0.3 is 10.2 Å². The maximum absolute atomic E-state index is 13.3. The largest absolute Gasteiger partial charge is 0.345 e. The first-order valence-electron chi connectivity index (χ1n) is 8.29. The fourth-order valence-corrected chi connectivity index (χ4v) is 5.31.